The summed E-state index contributed by atoms with van der Waals surface area (Å²) < 4.78 is 29.0. The van der Waals surface area contributed by atoms with Crippen LogP contribution >= 0.6 is 11.8 Å². The molecule has 2 aromatic rings. The first-order chi connectivity index (χ1) is 9.12. The van der Waals surface area contributed by atoms with Crippen LogP contribution in [0.5, 0.6) is 0 Å². The molecule has 0 radical (unpaired) electrons. The van der Waals surface area contributed by atoms with Crippen molar-refractivity contribution in [3.63, 3.8) is 0 Å². The average Bonchev–Trinajstić information content (AvgIpc) is 2.92. The van der Waals surface area contributed by atoms with Crippen LogP contribution in [0.1, 0.15) is 5.56 Å². The predicted molar refractivity (Wildman–Crippen MR) is 70.4 cm³/mol. The minimum Gasteiger partial charge on any atom is -0.440 e. The summed E-state index contributed by atoms with van der Waals surface area (Å²) in [5.41, 5.74) is 0.438. The smallest absolute Gasteiger partial charge is 0.255 e. The number of nitrogens with zero attached hydrogens (tertiary/aromatic N) is 2. The lowest BCUT2D eigenvalue weighted by atomic mass is 10.2. The standard InChI is InChI=1S/C12H10N2O3S2/c13-9-10-1-3-11(4-2-10)19(15,16)8-7-18-12-14-5-6-17-12/h1-6H,7-8H2. The molecule has 0 saturated carbocycles. The zero-order chi connectivity index (χ0) is 13.7. The first-order valence-electron chi connectivity index (χ1n) is 5.37. The van der Waals surface area contributed by atoms with Crippen LogP contribution < -0.4 is 0 Å². The van der Waals surface area contributed by atoms with Gasteiger partial charge in [0.25, 0.3) is 5.22 Å². The van der Waals surface area contributed by atoms with E-state index in [-0.39, 0.29) is 10.6 Å². The Morgan fingerprint density at radius 1 is 1.32 bits per heavy atom. The number of nitriles is 1. The van der Waals surface area contributed by atoms with Crippen LogP contribution in [0.15, 0.2) is 51.3 Å². The fourth-order valence-electron chi connectivity index (χ4n) is 1.37. The van der Waals surface area contributed by atoms with Gasteiger partial charge in [-0.25, -0.2) is 13.4 Å². The lowest BCUT2D eigenvalue weighted by Crippen LogP contribution is -2.08. The Bertz CT molecular complexity index is 671. The van der Waals surface area contributed by atoms with E-state index in [0.29, 0.717) is 16.5 Å². The van der Waals surface area contributed by atoms with Crippen LogP contribution in [0.25, 0.3) is 0 Å². The normalized spacial score (nSPS) is 11.1. The van der Waals surface area contributed by atoms with Crippen LogP contribution in [0.2, 0.25) is 0 Å². The van der Waals surface area contributed by atoms with Crippen molar-refractivity contribution in [1.82, 2.24) is 4.98 Å². The summed E-state index contributed by atoms with van der Waals surface area (Å²) in [5.74, 6) is 0.356. The third-order valence-corrected chi connectivity index (χ3v) is 5.18. The first kappa shape index (κ1) is 13.6. The summed E-state index contributed by atoms with van der Waals surface area (Å²) in [6.45, 7) is 0. The minimum absolute atomic E-state index is 0.00799. The summed E-state index contributed by atoms with van der Waals surface area (Å²) in [6, 6.07) is 7.83. The SMILES string of the molecule is N#Cc1ccc(S(=O)(=O)CCSc2ncco2)cc1. The van der Waals surface area contributed by atoms with Gasteiger partial charge in [0.1, 0.15) is 6.26 Å². The van der Waals surface area contributed by atoms with Crippen molar-refractivity contribution in [3.8, 4) is 6.07 Å². The van der Waals surface area contributed by atoms with E-state index in [1.54, 1.807) is 0 Å². The molecule has 0 spiro atoms. The molecule has 1 heterocycles. The van der Waals surface area contributed by atoms with Crippen molar-refractivity contribution in [1.29, 1.82) is 5.26 Å². The summed E-state index contributed by atoms with van der Waals surface area (Å²) in [4.78, 5) is 4.12. The van der Waals surface area contributed by atoms with E-state index in [2.05, 4.69) is 4.98 Å². The lowest BCUT2D eigenvalue weighted by Gasteiger charge is -2.03. The van der Waals surface area contributed by atoms with Crippen molar-refractivity contribution in [2.45, 2.75) is 10.1 Å². The molecule has 1 aromatic carbocycles. The molecule has 0 atom stereocenters. The Hall–Kier alpha value is -1.78. The highest BCUT2D eigenvalue weighted by Gasteiger charge is 2.14. The van der Waals surface area contributed by atoms with Gasteiger partial charge in [-0.2, -0.15) is 5.26 Å². The van der Waals surface area contributed by atoms with E-state index >= 15 is 0 Å². The molecule has 0 aliphatic heterocycles. The number of hydrogen-bond donors (Lipinski definition) is 0. The minimum atomic E-state index is -3.34. The fourth-order valence-corrected chi connectivity index (χ4v) is 3.81. The monoisotopic (exact) mass is 294 g/mol. The maximum absolute atomic E-state index is 12.0. The van der Waals surface area contributed by atoms with Gasteiger partial charge in [0.05, 0.1) is 28.5 Å². The van der Waals surface area contributed by atoms with Gasteiger partial charge in [-0.1, -0.05) is 11.8 Å². The van der Waals surface area contributed by atoms with E-state index in [0.717, 1.165) is 0 Å². The molecule has 0 bridgehead atoms. The summed E-state index contributed by atoms with van der Waals surface area (Å²) >= 11 is 1.25. The Labute approximate surface area is 115 Å². The number of aromatic nitrogens is 1. The van der Waals surface area contributed by atoms with Gasteiger partial charge in [-0.3, -0.25) is 0 Å². The molecule has 0 fully saturated rings. The molecule has 0 amide bonds. The van der Waals surface area contributed by atoms with E-state index in [1.165, 1.54) is 48.5 Å². The number of rotatable bonds is 5. The van der Waals surface area contributed by atoms with Gasteiger partial charge >= 0.3 is 0 Å². The fraction of sp³-hybridized carbons (Fsp3) is 0.167. The van der Waals surface area contributed by atoms with E-state index in [1.807, 2.05) is 6.07 Å². The van der Waals surface area contributed by atoms with Gasteiger partial charge in [0.2, 0.25) is 0 Å². The summed E-state index contributed by atoms with van der Waals surface area (Å²) in [7, 11) is -3.34. The van der Waals surface area contributed by atoms with Crippen LogP contribution in [0, 0.1) is 11.3 Å². The Morgan fingerprint density at radius 3 is 2.63 bits per heavy atom. The zero-order valence-corrected chi connectivity index (χ0v) is 11.4. The van der Waals surface area contributed by atoms with Crippen molar-refractivity contribution in [2.75, 3.05) is 11.5 Å². The molecule has 2 rings (SSSR count). The van der Waals surface area contributed by atoms with Gasteiger partial charge in [0, 0.05) is 5.75 Å². The highest BCUT2D eigenvalue weighted by Crippen LogP contribution is 2.18. The van der Waals surface area contributed by atoms with E-state index < -0.39 is 9.84 Å². The van der Waals surface area contributed by atoms with E-state index in [4.69, 9.17) is 9.68 Å². The summed E-state index contributed by atoms with van der Waals surface area (Å²) in [5, 5.41) is 9.11. The highest BCUT2D eigenvalue weighted by molar-refractivity contribution is 8.00. The molecule has 19 heavy (non-hydrogen) atoms. The van der Waals surface area contributed by atoms with Crippen LogP contribution in [-0.4, -0.2) is 24.9 Å². The number of oxazole rings is 1. The maximum Gasteiger partial charge on any atom is 0.255 e. The predicted octanol–water partition coefficient (Wildman–Crippen LogP) is 2.11. The molecule has 0 aliphatic carbocycles. The molecular weight excluding hydrogens is 284 g/mol. The molecule has 0 unspecified atom stereocenters. The molecule has 7 heteroatoms. The molecule has 0 saturated heterocycles. The second-order valence-corrected chi connectivity index (χ2v) is 6.76. The maximum atomic E-state index is 12.0. The van der Waals surface area contributed by atoms with Gasteiger partial charge < -0.3 is 4.42 Å². The topological polar surface area (TPSA) is 84.0 Å². The molecule has 1 aromatic heterocycles. The Kier molecular flexibility index (Phi) is 4.24. The van der Waals surface area contributed by atoms with Crippen molar-refractivity contribution < 1.29 is 12.8 Å². The number of benzene rings is 1. The van der Waals surface area contributed by atoms with Crippen LogP contribution in [0.3, 0.4) is 0 Å². The van der Waals surface area contributed by atoms with Crippen molar-refractivity contribution in [3.05, 3.63) is 42.3 Å². The Balaban J connectivity index is 1.99. The van der Waals surface area contributed by atoms with Crippen LogP contribution in [0.4, 0.5) is 0 Å². The average molecular weight is 294 g/mol. The first-order valence-corrected chi connectivity index (χ1v) is 8.01. The molecule has 0 N–H and O–H groups in total. The largest absolute Gasteiger partial charge is 0.440 e. The van der Waals surface area contributed by atoms with Gasteiger partial charge in [-0.05, 0) is 24.3 Å². The number of hydrogen-bond acceptors (Lipinski definition) is 6. The van der Waals surface area contributed by atoms with Gasteiger partial charge in [-0.15, -0.1) is 0 Å². The molecule has 0 aliphatic rings. The summed E-state index contributed by atoms with van der Waals surface area (Å²) in [6.07, 6.45) is 2.95. The van der Waals surface area contributed by atoms with E-state index in [9.17, 15) is 8.42 Å². The number of sulfone groups is 1. The van der Waals surface area contributed by atoms with Crippen molar-refractivity contribution in [2.24, 2.45) is 0 Å². The quantitative estimate of drug-likeness (QED) is 0.785. The third kappa shape index (κ3) is 3.59. The second-order valence-electron chi connectivity index (χ2n) is 3.60. The Morgan fingerprint density at radius 2 is 2.05 bits per heavy atom. The van der Waals surface area contributed by atoms with Crippen molar-refractivity contribution >= 4 is 21.6 Å². The molecular formula is C12H10N2O3S2. The highest BCUT2D eigenvalue weighted by atomic mass is 32.2. The zero-order valence-electron chi connectivity index (χ0n) is 9.81. The molecule has 5 nitrogen and oxygen atoms in total. The second kappa shape index (κ2) is 5.91. The lowest BCUT2D eigenvalue weighted by molar-refractivity contribution is 0.454. The number of thioether (sulfide) groups is 1. The van der Waals surface area contributed by atoms with Gasteiger partial charge in [0.15, 0.2) is 9.84 Å². The third-order valence-electron chi connectivity index (χ3n) is 2.33. The van der Waals surface area contributed by atoms with Crippen LogP contribution in [-0.2, 0) is 9.84 Å². The molecule has 98 valence electrons.